The maximum atomic E-state index is 13.5. The minimum atomic E-state index is -0.715. The van der Waals surface area contributed by atoms with Crippen LogP contribution in [-0.2, 0) is 11.3 Å². The Labute approximate surface area is 184 Å². The first kappa shape index (κ1) is 20.8. The zero-order chi connectivity index (χ0) is 22.1. The molecule has 7 heteroatoms. The Bertz CT molecular complexity index is 1180. The van der Waals surface area contributed by atoms with Crippen molar-refractivity contribution in [2.24, 2.45) is 0 Å². The molecule has 1 unspecified atom stereocenters. The molecule has 2 aromatic carbocycles. The number of para-hydroxylation sites is 1. The molecule has 1 aliphatic heterocycles. The van der Waals surface area contributed by atoms with Gasteiger partial charge in [0.25, 0.3) is 5.91 Å². The minimum Gasteiger partial charge on any atom is -0.503 e. The summed E-state index contributed by atoms with van der Waals surface area (Å²) < 4.78 is 5.43. The number of rotatable bonds is 6. The van der Waals surface area contributed by atoms with Crippen molar-refractivity contribution in [3.05, 3.63) is 92.6 Å². The number of methoxy groups -OCH3 is 1. The Hall–Kier alpha value is -3.45. The lowest BCUT2D eigenvalue weighted by molar-refractivity contribution is -0.130. The summed E-state index contributed by atoms with van der Waals surface area (Å²) in [6.45, 7) is 3.77. The fourth-order valence-corrected chi connectivity index (χ4v) is 4.79. The van der Waals surface area contributed by atoms with Crippen molar-refractivity contribution in [1.29, 1.82) is 0 Å². The van der Waals surface area contributed by atoms with E-state index >= 15 is 0 Å². The van der Waals surface area contributed by atoms with E-state index < -0.39 is 17.7 Å². The van der Waals surface area contributed by atoms with E-state index in [0.29, 0.717) is 16.3 Å². The van der Waals surface area contributed by atoms with E-state index in [4.69, 9.17) is 4.74 Å². The smallest absolute Gasteiger partial charge is 0.290 e. The van der Waals surface area contributed by atoms with Gasteiger partial charge < -0.3 is 14.7 Å². The number of aliphatic hydroxyl groups is 1. The molecule has 0 bridgehead atoms. The van der Waals surface area contributed by atoms with E-state index in [1.165, 1.54) is 16.2 Å². The van der Waals surface area contributed by atoms with Crippen LogP contribution in [0.25, 0.3) is 0 Å². The number of thiazole rings is 1. The molecule has 0 fully saturated rings. The molecule has 0 aliphatic carbocycles. The second kappa shape index (κ2) is 8.35. The van der Waals surface area contributed by atoms with E-state index in [0.717, 1.165) is 16.1 Å². The summed E-state index contributed by atoms with van der Waals surface area (Å²) in [4.78, 5) is 32.9. The fraction of sp³-hybridized carbons (Fsp3) is 0.208. The molecule has 158 valence electrons. The van der Waals surface area contributed by atoms with Crippen LogP contribution in [-0.4, -0.2) is 33.8 Å². The van der Waals surface area contributed by atoms with Crippen LogP contribution in [0.2, 0.25) is 0 Å². The van der Waals surface area contributed by atoms with Crippen LogP contribution in [0.15, 0.2) is 65.9 Å². The molecular formula is C24H22N2O4S. The van der Waals surface area contributed by atoms with Gasteiger partial charge in [0.05, 0.1) is 40.8 Å². The fourth-order valence-electron chi connectivity index (χ4n) is 3.91. The summed E-state index contributed by atoms with van der Waals surface area (Å²) in [5, 5.41) is 11.6. The van der Waals surface area contributed by atoms with Gasteiger partial charge in [-0.25, -0.2) is 4.98 Å². The third-order valence-corrected chi connectivity index (χ3v) is 6.38. The van der Waals surface area contributed by atoms with Crippen molar-refractivity contribution in [3.8, 4) is 5.75 Å². The normalized spacial score (nSPS) is 16.2. The summed E-state index contributed by atoms with van der Waals surface area (Å²) >= 11 is 1.27. The summed E-state index contributed by atoms with van der Waals surface area (Å²) in [6, 6.07) is 15.9. The summed E-state index contributed by atoms with van der Waals surface area (Å²) in [5.74, 6) is -0.832. The van der Waals surface area contributed by atoms with Gasteiger partial charge in [-0.05, 0) is 25.5 Å². The molecule has 1 aliphatic rings. The molecule has 0 spiro atoms. The number of amides is 1. The Morgan fingerprint density at radius 1 is 1.13 bits per heavy atom. The number of aliphatic hydroxyl groups excluding tert-OH is 1. The van der Waals surface area contributed by atoms with E-state index in [2.05, 4.69) is 4.98 Å². The first-order valence-corrected chi connectivity index (χ1v) is 10.6. The van der Waals surface area contributed by atoms with Gasteiger partial charge in [-0.1, -0.05) is 48.5 Å². The molecule has 31 heavy (non-hydrogen) atoms. The summed E-state index contributed by atoms with van der Waals surface area (Å²) in [6.07, 6.45) is 0. The predicted octanol–water partition coefficient (Wildman–Crippen LogP) is 4.55. The standard InChI is InChI=1S/C24H22N2O4S/c1-14-23(31-15(2)25-14)21(27)19-20(16-9-5-4-6-10-16)26(24(29)22(19)28)13-17-11-7-8-12-18(17)30-3/h4-12,20,28H,13H2,1-3H3. The highest BCUT2D eigenvalue weighted by atomic mass is 32.1. The van der Waals surface area contributed by atoms with Crippen molar-refractivity contribution in [2.75, 3.05) is 7.11 Å². The van der Waals surface area contributed by atoms with Gasteiger partial charge in [0, 0.05) is 5.56 Å². The molecule has 1 amide bonds. The first-order valence-electron chi connectivity index (χ1n) is 9.82. The quantitative estimate of drug-likeness (QED) is 0.576. The molecule has 4 rings (SSSR count). The molecule has 1 atom stereocenters. The zero-order valence-electron chi connectivity index (χ0n) is 17.5. The maximum Gasteiger partial charge on any atom is 0.290 e. The Balaban J connectivity index is 1.81. The van der Waals surface area contributed by atoms with E-state index in [1.807, 2.05) is 61.5 Å². The van der Waals surface area contributed by atoms with Crippen molar-refractivity contribution in [2.45, 2.75) is 26.4 Å². The van der Waals surface area contributed by atoms with E-state index in [-0.39, 0.29) is 17.9 Å². The van der Waals surface area contributed by atoms with Crippen LogP contribution < -0.4 is 4.74 Å². The zero-order valence-corrected chi connectivity index (χ0v) is 18.3. The topological polar surface area (TPSA) is 79.7 Å². The monoisotopic (exact) mass is 434 g/mol. The van der Waals surface area contributed by atoms with Crippen LogP contribution in [0.3, 0.4) is 0 Å². The molecule has 6 nitrogen and oxygen atoms in total. The molecule has 0 saturated carbocycles. The number of nitrogens with zero attached hydrogens (tertiary/aromatic N) is 2. The largest absolute Gasteiger partial charge is 0.503 e. The minimum absolute atomic E-state index is 0.0813. The van der Waals surface area contributed by atoms with E-state index in [1.54, 1.807) is 14.0 Å². The van der Waals surface area contributed by atoms with Crippen LogP contribution in [0, 0.1) is 13.8 Å². The van der Waals surface area contributed by atoms with Gasteiger partial charge in [-0.3, -0.25) is 9.59 Å². The number of aryl methyl sites for hydroxylation is 2. The number of Topliss-reactive ketones (excluding diaryl/α,β-unsaturated/α-hetero) is 1. The number of carbonyl (C=O) groups is 2. The van der Waals surface area contributed by atoms with Gasteiger partial charge in [-0.2, -0.15) is 0 Å². The number of aromatic nitrogens is 1. The molecule has 3 aromatic rings. The number of ether oxygens (including phenoxy) is 1. The first-order chi connectivity index (χ1) is 14.9. The third kappa shape index (κ3) is 3.72. The molecule has 1 N–H and O–H groups in total. The maximum absolute atomic E-state index is 13.5. The van der Waals surface area contributed by atoms with Gasteiger partial charge in [-0.15, -0.1) is 11.3 Å². The second-order valence-corrected chi connectivity index (χ2v) is 8.50. The van der Waals surface area contributed by atoms with Crippen LogP contribution in [0.1, 0.15) is 37.5 Å². The number of ketones is 1. The van der Waals surface area contributed by atoms with Crippen LogP contribution in [0.5, 0.6) is 5.75 Å². The van der Waals surface area contributed by atoms with Crippen molar-refractivity contribution >= 4 is 23.0 Å². The van der Waals surface area contributed by atoms with Crippen molar-refractivity contribution in [3.63, 3.8) is 0 Å². The number of benzene rings is 2. The number of hydrogen-bond donors (Lipinski definition) is 1. The van der Waals surface area contributed by atoms with Crippen LogP contribution >= 0.6 is 11.3 Å². The molecule has 0 saturated heterocycles. The van der Waals surface area contributed by atoms with E-state index in [9.17, 15) is 14.7 Å². The Morgan fingerprint density at radius 2 is 1.81 bits per heavy atom. The number of hydrogen-bond acceptors (Lipinski definition) is 6. The third-order valence-electron chi connectivity index (χ3n) is 5.31. The Morgan fingerprint density at radius 3 is 2.45 bits per heavy atom. The highest BCUT2D eigenvalue weighted by Gasteiger charge is 2.44. The second-order valence-electron chi connectivity index (χ2n) is 7.30. The lowest BCUT2D eigenvalue weighted by atomic mass is 9.95. The molecule has 0 radical (unpaired) electrons. The SMILES string of the molecule is COc1ccccc1CN1C(=O)C(O)=C(C(=O)c2sc(C)nc2C)C1c1ccccc1. The van der Waals surface area contributed by atoms with Gasteiger partial charge >= 0.3 is 0 Å². The highest BCUT2D eigenvalue weighted by molar-refractivity contribution is 7.14. The Kier molecular flexibility index (Phi) is 5.61. The van der Waals surface area contributed by atoms with Crippen molar-refractivity contribution in [1.82, 2.24) is 9.88 Å². The molecular weight excluding hydrogens is 412 g/mol. The van der Waals surface area contributed by atoms with Crippen molar-refractivity contribution < 1.29 is 19.4 Å². The average molecular weight is 435 g/mol. The highest BCUT2D eigenvalue weighted by Crippen LogP contribution is 2.41. The van der Waals surface area contributed by atoms with Gasteiger partial charge in [0.1, 0.15) is 5.75 Å². The van der Waals surface area contributed by atoms with Gasteiger partial charge in [0.15, 0.2) is 5.76 Å². The average Bonchev–Trinajstić information content (AvgIpc) is 3.24. The number of carbonyl (C=O) groups excluding carboxylic acids is 2. The van der Waals surface area contributed by atoms with Crippen LogP contribution in [0.4, 0.5) is 0 Å². The lowest BCUT2D eigenvalue weighted by Gasteiger charge is -2.27. The summed E-state index contributed by atoms with van der Waals surface area (Å²) in [5.41, 5.74) is 2.20. The van der Waals surface area contributed by atoms with Gasteiger partial charge in [0.2, 0.25) is 5.78 Å². The predicted molar refractivity (Wildman–Crippen MR) is 118 cm³/mol. The summed E-state index contributed by atoms with van der Waals surface area (Å²) in [7, 11) is 1.57. The lowest BCUT2D eigenvalue weighted by Crippen LogP contribution is -2.30. The molecule has 2 heterocycles. The molecule has 1 aromatic heterocycles.